The van der Waals surface area contributed by atoms with Gasteiger partial charge in [0.2, 0.25) is 0 Å². The maximum Gasteiger partial charge on any atom is 0.260 e. The topological polar surface area (TPSA) is 78.5 Å². The van der Waals surface area contributed by atoms with Crippen molar-refractivity contribution in [2.75, 3.05) is 19.7 Å². The van der Waals surface area contributed by atoms with Gasteiger partial charge >= 0.3 is 0 Å². The third-order valence-corrected chi connectivity index (χ3v) is 5.62. The van der Waals surface area contributed by atoms with Crippen molar-refractivity contribution in [2.24, 2.45) is 5.92 Å². The van der Waals surface area contributed by atoms with E-state index >= 15 is 0 Å². The second-order valence-electron chi connectivity index (χ2n) is 8.45. The van der Waals surface area contributed by atoms with E-state index in [0.717, 1.165) is 6.54 Å². The first kappa shape index (κ1) is 23.5. The molecule has 31 heavy (non-hydrogen) atoms. The Morgan fingerprint density at radius 3 is 2.61 bits per heavy atom. The predicted molar refractivity (Wildman–Crippen MR) is 123 cm³/mol. The molecule has 3 rings (SSSR count). The van der Waals surface area contributed by atoms with Crippen LogP contribution in [0.25, 0.3) is 21.3 Å². The second-order valence-corrected chi connectivity index (χ2v) is 9.30. The van der Waals surface area contributed by atoms with Crippen LogP contribution in [0.15, 0.2) is 34.4 Å². The Hall–Kier alpha value is -2.13. The summed E-state index contributed by atoms with van der Waals surface area (Å²) in [5.74, 6) is 0.534. The average Bonchev–Trinajstić information content (AvgIpc) is 3.10. The molecule has 6 nitrogen and oxygen atoms in total. The van der Waals surface area contributed by atoms with Gasteiger partial charge in [0.15, 0.2) is 0 Å². The lowest BCUT2D eigenvalue weighted by atomic mass is 10.1. The molecule has 8 heteroatoms. The first-order valence-corrected chi connectivity index (χ1v) is 11.4. The van der Waals surface area contributed by atoms with Crippen molar-refractivity contribution < 1.29 is 14.2 Å². The van der Waals surface area contributed by atoms with Gasteiger partial charge in [-0.1, -0.05) is 32.0 Å². The molecule has 1 unspecified atom stereocenters. The van der Waals surface area contributed by atoms with Crippen molar-refractivity contribution in [3.8, 4) is 11.1 Å². The van der Waals surface area contributed by atoms with E-state index < -0.39 is 6.10 Å². The summed E-state index contributed by atoms with van der Waals surface area (Å²) in [6.07, 6.45) is -0.581. The molecule has 2 N–H and O–H groups in total. The van der Waals surface area contributed by atoms with E-state index in [0.29, 0.717) is 46.2 Å². The van der Waals surface area contributed by atoms with Crippen molar-refractivity contribution in [1.82, 2.24) is 14.9 Å². The van der Waals surface area contributed by atoms with Crippen LogP contribution in [-0.4, -0.2) is 51.9 Å². The fraction of sp³-hybridized carbons (Fsp3) is 0.478. The van der Waals surface area contributed by atoms with Gasteiger partial charge < -0.3 is 14.8 Å². The van der Waals surface area contributed by atoms with Crippen LogP contribution < -0.4 is 5.56 Å². The minimum Gasteiger partial charge on any atom is -0.389 e. The Morgan fingerprint density at radius 2 is 1.94 bits per heavy atom. The Bertz CT molecular complexity index is 1060. The summed E-state index contributed by atoms with van der Waals surface area (Å²) in [6, 6.07) is 6.41. The number of aliphatic hydroxyl groups excluding tert-OH is 1. The number of hydrogen-bond donors (Lipinski definition) is 2. The Kier molecular flexibility index (Phi) is 7.94. The fourth-order valence-electron chi connectivity index (χ4n) is 3.53. The molecule has 0 saturated carbocycles. The molecule has 0 fully saturated rings. The van der Waals surface area contributed by atoms with Crippen molar-refractivity contribution in [3.05, 3.63) is 51.6 Å². The summed E-state index contributed by atoms with van der Waals surface area (Å²) in [5.41, 5.74) is 0.662. The maximum absolute atomic E-state index is 14.3. The minimum absolute atomic E-state index is 0.0519. The number of nitrogens with zero attached hydrogens (tertiary/aromatic N) is 2. The van der Waals surface area contributed by atoms with Gasteiger partial charge in [-0.15, -0.1) is 11.3 Å². The highest BCUT2D eigenvalue weighted by Gasteiger charge is 2.19. The number of H-pyrrole nitrogens is 1. The van der Waals surface area contributed by atoms with Crippen LogP contribution in [0.3, 0.4) is 0 Å². The summed E-state index contributed by atoms with van der Waals surface area (Å²) < 4.78 is 19.8. The smallest absolute Gasteiger partial charge is 0.260 e. The molecule has 1 atom stereocenters. The second kappa shape index (κ2) is 10.5. The minimum atomic E-state index is -0.633. The van der Waals surface area contributed by atoms with E-state index in [1.165, 1.54) is 17.4 Å². The molecule has 1 aromatic carbocycles. The van der Waals surface area contributed by atoms with Crippen LogP contribution in [0.1, 0.15) is 33.5 Å². The number of aliphatic hydroxyl groups is 1. The molecule has 2 aromatic heterocycles. The van der Waals surface area contributed by atoms with Gasteiger partial charge in [0.1, 0.15) is 16.5 Å². The van der Waals surface area contributed by atoms with Gasteiger partial charge in [-0.05, 0) is 25.8 Å². The van der Waals surface area contributed by atoms with E-state index in [2.05, 4.69) is 28.7 Å². The number of hydrogen-bond acceptors (Lipinski definition) is 6. The van der Waals surface area contributed by atoms with Crippen molar-refractivity contribution >= 4 is 21.6 Å². The van der Waals surface area contributed by atoms with Crippen molar-refractivity contribution in [3.63, 3.8) is 0 Å². The number of halogens is 1. The number of ether oxygens (including phenoxy) is 1. The lowest BCUT2D eigenvalue weighted by molar-refractivity contribution is -0.0111. The first-order valence-electron chi connectivity index (χ1n) is 10.5. The fourth-order valence-corrected chi connectivity index (χ4v) is 4.49. The highest BCUT2D eigenvalue weighted by atomic mass is 32.1. The molecule has 0 aliphatic heterocycles. The molecule has 168 valence electrons. The molecule has 0 spiro atoms. The van der Waals surface area contributed by atoms with Crippen molar-refractivity contribution in [2.45, 2.75) is 46.4 Å². The standard InChI is InChI=1S/C23H30FN3O3S/c1-14(2)9-27(10-16(28)12-30-15(3)4)11-20-25-22(29)21-18(13-31-23(21)26-20)17-7-5-6-8-19(17)24/h5-8,13-16,28H,9-12H2,1-4H3,(H,25,26,29). The first-order chi connectivity index (χ1) is 14.7. The number of rotatable bonds is 10. The number of thiophene rings is 1. The predicted octanol–water partition coefficient (Wildman–Crippen LogP) is 4.03. The van der Waals surface area contributed by atoms with E-state index in [1.807, 2.05) is 13.8 Å². The largest absolute Gasteiger partial charge is 0.389 e. The zero-order valence-electron chi connectivity index (χ0n) is 18.4. The summed E-state index contributed by atoms with van der Waals surface area (Å²) >= 11 is 1.33. The summed E-state index contributed by atoms with van der Waals surface area (Å²) in [5, 5.41) is 12.5. The van der Waals surface area contributed by atoms with Crippen LogP contribution in [-0.2, 0) is 11.3 Å². The third kappa shape index (κ3) is 6.20. The normalized spacial score (nSPS) is 13.1. The zero-order chi connectivity index (χ0) is 22.5. The van der Waals surface area contributed by atoms with Crippen LogP contribution in [0, 0.1) is 11.7 Å². The number of benzene rings is 1. The highest BCUT2D eigenvalue weighted by molar-refractivity contribution is 7.17. The molecule has 0 saturated heterocycles. The molecular weight excluding hydrogens is 417 g/mol. The Morgan fingerprint density at radius 1 is 1.19 bits per heavy atom. The van der Waals surface area contributed by atoms with E-state index in [-0.39, 0.29) is 24.1 Å². The SMILES string of the molecule is CC(C)CN(Cc1nc2scc(-c3ccccc3F)c2c(=O)[nH]1)CC(O)COC(C)C. The lowest BCUT2D eigenvalue weighted by Crippen LogP contribution is -2.38. The Labute approximate surface area is 185 Å². The molecule has 0 radical (unpaired) electrons. The summed E-state index contributed by atoms with van der Waals surface area (Å²) in [6.45, 7) is 9.87. The maximum atomic E-state index is 14.3. The molecule has 2 heterocycles. The van der Waals surface area contributed by atoms with E-state index in [9.17, 15) is 14.3 Å². The molecule has 0 aliphatic carbocycles. The molecule has 3 aromatic rings. The highest BCUT2D eigenvalue weighted by Crippen LogP contribution is 2.32. The van der Waals surface area contributed by atoms with Crippen molar-refractivity contribution in [1.29, 1.82) is 0 Å². The van der Waals surface area contributed by atoms with E-state index in [4.69, 9.17) is 4.74 Å². The number of aromatic nitrogens is 2. The summed E-state index contributed by atoms with van der Waals surface area (Å²) in [7, 11) is 0. The van der Waals surface area contributed by atoms with Gasteiger partial charge in [-0.2, -0.15) is 0 Å². The number of aromatic amines is 1. The van der Waals surface area contributed by atoms with E-state index in [1.54, 1.807) is 23.6 Å². The summed E-state index contributed by atoms with van der Waals surface area (Å²) in [4.78, 5) is 23.0. The third-order valence-electron chi connectivity index (χ3n) is 4.74. The average molecular weight is 448 g/mol. The van der Waals surface area contributed by atoms with Gasteiger partial charge in [0, 0.05) is 29.6 Å². The monoisotopic (exact) mass is 447 g/mol. The molecule has 0 aliphatic rings. The number of nitrogens with one attached hydrogen (secondary N) is 1. The van der Waals surface area contributed by atoms with Gasteiger partial charge in [-0.25, -0.2) is 9.37 Å². The zero-order valence-corrected chi connectivity index (χ0v) is 19.2. The quantitative estimate of drug-likeness (QED) is 0.491. The molecule has 0 amide bonds. The van der Waals surface area contributed by atoms with Crippen LogP contribution in [0.4, 0.5) is 4.39 Å². The Balaban J connectivity index is 1.84. The van der Waals surface area contributed by atoms with Gasteiger partial charge in [0.25, 0.3) is 5.56 Å². The lowest BCUT2D eigenvalue weighted by Gasteiger charge is -2.26. The van der Waals surface area contributed by atoms with Crippen LogP contribution in [0.2, 0.25) is 0 Å². The van der Waals surface area contributed by atoms with Gasteiger partial charge in [0.05, 0.1) is 30.7 Å². The number of fused-ring (bicyclic) bond motifs is 1. The van der Waals surface area contributed by atoms with Crippen LogP contribution in [0.5, 0.6) is 0 Å². The molecule has 0 bridgehead atoms. The van der Waals surface area contributed by atoms with Crippen LogP contribution >= 0.6 is 11.3 Å². The van der Waals surface area contributed by atoms with Gasteiger partial charge in [-0.3, -0.25) is 9.69 Å². The molecular formula is C23H30FN3O3S.